The van der Waals surface area contributed by atoms with E-state index in [1.807, 2.05) is 17.0 Å². The lowest BCUT2D eigenvalue weighted by Crippen LogP contribution is -2.32. The molecule has 1 aromatic carbocycles. The van der Waals surface area contributed by atoms with Crippen LogP contribution < -0.4 is 0 Å². The van der Waals surface area contributed by atoms with Crippen LogP contribution in [0.15, 0.2) is 18.2 Å². The van der Waals surface area contributed by atoms with Crippen LogP contribution in [0, 0.1) is 11.3 Å². The van der Waals surface area contributed by atoms with Gasteiger partial charge >= 0.3 is 0 Å². The number of nitrogens with zero attached hydrogens (tertiary/aromatic N) is 1. The normalized spacial score (nSPS) is 19.9. The van der Waals surface area contributed by atoms with Crippen LogP contribution in [-0.2, 0) is 4.79 Å². The first-order chi connectivity index (χ1) is 10.7. The molecule has 5 heteroatoms. The third kappa shape index (κ3) is 5.30. The Morgan fingerprint density at radius 2 is 2.09 bits per heavy atom. The predicted octanol–water partition coefficient (Wildman–Crippen LogP) is 6.03. The second-order valence-corrected chi connectivity index (χ2v) is 9.58. The van der Waals surface area contributed by atoms with Crippen LogP contribution in [-0.4, -0.2) is 23.1 Å². The maximum atomic E-state index is 12.7. The van der Waals surface area contributed by atoms with E-state index in [4.69, 9.17) is 23.2 Å². The number of hydrogen-bond acceptors (Lipinski definition) is 2. The Balaban J connectivity index is 2.07. The monoisotopic (exact) mass is 373 g/mol. The van der Waals surface area contributed by atoms with Crippen LogP contribution in [0.2, 0.25) is 10.0 Å². The van der Waals surface area contributed by atoms with Crippen molar-refractivity contribution in [1.29, 1.82) is 0 Å². The van der Waals surface area contributed by atoms with Crippen molar-refractivity contribution in [3.63, 3.8) is 0 Å². The Bertz CT molecular complexity index is 571. The molecule has 1 aliphatic rings. The molecular formula is C18H25Cl2NOS. The van der Waals surface area contributed by atoms with Gasteiger partial charge in [-0.15, -0.1) is 11.8 Å². The van der Waals surface area contributed by atoms with Gasteiger partial charge in [-0.3, -0.25) is 4.79 Å². The quantitative estimate of drug-likeness (QED) is 0.641. The maximum Gasteiger partial charge on any atom is 0.224 e. The number of benzene rings is 1. The summed E-state index contributed by atoms with van der Waals surface area (Å²) >= 11 is 14.1. The molecule has 23 heavy (non-hydrogen) atoms. The summed E-state index contributed by atoms with van der Waals surface area (Å²) < 4.78 is 0. The Morgan fingerprint density at radius 3 is 2.70 bits per heavy atom. The molecule has 2 atom stereocenters. The molecule has 0 unspecified atom stereocenters. The minimum atomic E-state index is 0.00843. The molecule has 1 saturated heterocycles. The predicted molar refractivity (Wildman–Crippen MR) is 101 cm³/mol. The Morgan fingerprint density at radius 1 is 1.39 bits per heavy atom. The van der Waals surface area contributed by atoms with Gasteiger partial charge in [-0.1, -0.05) is 57.0 Å². The van der Waals surface area contributed by atoms with E-state index in [0.717, 1.165) is 24.3 Å². The summed E-state index contributed by atoms with van der Waals surface area (Å²) in [6.07, 6.45) is 1.64. The smallest absolute Gasteiger partial charge is 0.224 e. The van der Waals surface area contributed by atoms with Crippen molar-refractivity contribution in [3.8, 4) is 0 Å². The number of amides is 1. The zero-order chi connectivity index (χ0) is 17.2. The van der Waals surface area contributed by atoms with Gasteiger partial charge < -0.3 is 4.90 Å². The van der Waals surface area contributed by atoms with E-state index in [9.17, 15) is 4.79 Å². The number of carbonyl (C=O) groups is 1. The van der Waals surface area contributed by atoms with Crippen LogP contribution in [0.5, 0.6) is 0 Å². The third-order valence-corrected chi connectivity index (χ3v) is 5.73. The molecule has 0 radical (unpaired) electrons. The van der Waals surface area contributed by atoms with E-state index in [-0.39, 0.29) is 16.7 Å². The third-order valence-electron chi connectivity index (χ3n) is 3.92. The minimum absolute atomic E-state index is 0.00843. The average molecular weight is 374 g/mol. The van der Waals surface area contributed by atoms with E-state index in [0.29, 0.717) is 22.4 Å². The first kappa shape index (κ1) is 19.0. The molecule has 1 aromatic rings. The van der Waals surface area contributed by atoms with Crippen LogP contribution in [0.4, 0.5) is 0 Å². The summed E-state index contributed by atoms with van der Waals surface area (Å²) in [5, 5.41) is 1.27. The van der Waals surface area contributed by atoms with Gasteiger partial charge in [0.2, 0.25) is 5.91 Å². The summed E-state index contributed by atoms with van der Waals surface area (Å²) in [7, 11) is 0. The van der Waals surface area contributed by atoms with Gasteiger partial charge in [0.25, 0.3) is 0 Å². The van der Waals surface area contributed by atoms with Gasteiger partial charge in [-0.25, -0.2) is 0 Å². The van der Waals surface area contributed by atoms with Crippen molar-refractivity contribution in [1.82, 2.24) is 4.90 Å². The number of halogens is 2. The largest absolute Gasteiger partial charge is 0.326 e. The second kappa shape index (κ2) is 7.67. The van der Waals surface area contributed by atoms with E-state index in [2.05, 4.69) is 27.7 Å². The molecule has 2 nitrogen and oxygen atoms in total. The van der Waals surface area contributed by atoms with Crippen molar-refractivity contribution < 1.29 is 4.79 Å². The fourth-order valence-corrected chi connectivity index (χ4v) is 5.11. The highest BCUT2D eigenvalue weighted by molar-refractivity contribution is 7.99. The van der Waals surface area contributed by atoms with E-state index >= 15 is 0 Å². The second-order valence-electron chi connectivity index (χ2n) is 7.55. The first-order valence-corrected chi connectivity index (χ1v) is 9.84. The Kier molecular flexibility index (Phi) is 6.32. The fourth-order valence-electron chi connectivity index (χ4n) is 3.22. The Labute approximate surface area is 153 Å². The summed E-state index contributed by atoms with van der Waals surface area (Å²) in [5.74, 6) is 1.56. The highest BCUT2D eigenvalue weighted by atomic mass is 35.5. The summed E-state index contributed by atoms with van der Waals surface area (Å²) in [6, 6.07) is 5.53. The molecule has 0 aliphatic carbocycles. The number of rotatable bonds is 4. The van der Waals surface area contributed by atoms with Crippen molar-refractivity contribution in [3.05, 3.63) is 33.8 Å². The van der Waals surface area contributed by atoms with Crippen LogP contribution >= 0.6 is 35.0 Å². The van der Waals surface area contributed by atoms with Crippen LogP contribution in [0.1, 0.15) is 51.5 Å². The van der Waals surface area contributed by atoms with Gasteiger partial charge in [-0.05, 0) is 29.9 Å². The van der Waals surface area contributed by atoms with Gasteiger partial charge in [-0.2, -0.15) is 0 Å². The Hall–Kier alpha value is -0.380. The minimum Gasteiger partial charge on any atom is -0.326 e. The van der Waals surface area contributed by atoms with Gasteiger partial charge in [0.1, 0.15) is 5.37 Å². The molecule has 1 amide bonds. The number of thioether (sulfide) groups is 1. The number of carbonyl (C=O) groups excluding carboxylic acids is 1. The summed E-state index contributed by atoms with van der Waals surface area (Å²) in [4.78, 5) is 14.7. The van der Waals surface area contributed by atoms with E-state index in [1.165, 1.54) is 0 Å². The number of hydrogen-bond donors (Lipinski definition) is 0. The zero-order valence-corrected chi connectivity index (χ0v) is 16.6. The lowest BCUT2D eigenvalue weighted by molar-refractivity contribution is -0.132. The fraction of sp³-hybridized carbons (Fsp3) is 0.611. The van der Waals surface area contributed by atoms with Crippen LogP contribution in [0.25, 0.3) is 0 Å². The molecule has 0 saturated carbocycles. The lowest BCUT2D eigenvalue weighted by Gasteiger charge is -2.28. The van der Waals surface area contributed by atoms with Crippen molar-refractivity contribution in [2.45, 2.75) is 45.9 Å². The van der Waals surface area contributed by atoms with Gasteiger partial charge in [0, 0.05) is 34.3 Å². The molecule has 2 rings (SSSR count). The highest BCUT2D eigenvalue weighted by Gasteiger charge is 2.32. The average Bonchev–Trinajstić information content (AvgIpc) is 2.85. The van der Waals surface area contributed by atoms with Gasteiger partial charge in [0.05, 0.1) is 0 Å². The molecular weight excluding hydrogens is 349 g/mol. The van der Waals surface area contributed by atoms with Crippen molar-refractivity contribution in [2.24, 2.45) is 11.3 Å². The standard InChI is InChI=1S/C18H25Cl2NOS/c1-12(11-18(2,3)4)9-16(22)21-7-8-23-17(21)14-6-5-13(19)10-15(14)20/h5-6,10,12,17H,7-9,11H2,1-4H3/t12-,17-/m1/s1. The van der Waals surface area contributed by atoms with Crippen LogP contribution in [0.3, 0.4) is 0 Å². The SMILES string of the molecule is C[C@H](CC(=O)N1CCS[C@@H]1c1ccc(Cl)cc1Cl)CC(C)(C)C. The zero-order valence-electron chi connectivity index (χ0n) is 14.2. The molecule has 0 bridgehead atoms. The van der Waals surface area contributed by atoms with E-state index < -0.39 is 0 Å². The molecule has 1 fully saturated rings. The summed E-state index contributed by atoms with van der Waals surface area (Å²) in [5.41, 5.74) is 1.23. The molecule has 0 spiro atoms. The van der Waals surface area contributed by atoms with E-state index in [1.54, 1.807) is 17.8 Å². The van der Waals surface area contributed by atoms with Crippen molar-refractivity contribution >= 4 is 40.9 Å². The topological polar surface area (TPSA) is 20.3 Å². The molecule has 0 N–H and O–H groups in total. The van der Waals surface area contributed by atoms with Crippen molar-refractivity contribution in [2.75, 3.05) is 12.3 Å². The molecule has 128 valence electrons. The summed E-state index contributed by atoms with van der Waals surface area (Å²) in [6.45, 7) is 9.61. The molecule has 0 aromatic heterocycles. The molecule has 1 aliphatic heterocycles. The molecule has 1 heterocycles. The maximum absolute atomic E-state index is 12.7. The highest BCUT2D eigenvalue weighted by Crippen LogP contribution is 2.42. The van der Waals surface area contributed by atoms with Gasteiger partial charge in [0.15, 0.2) is 0 Å². The lowest BCUT2D eigenvalue weighted by atomic mass is 9.84. The first-order valence-electron chi connectivity index (χ1n) is 8.03.